The van der Waals surface area contributed by atoms with Gasteiger partial charge in [-0.25, -0.2) is 4.79 Å². The van der Waals surface area contributed by atoms with E-state index >= 15 is 0 Å². The summed E-state index contributed by atoms with van der Waals surface area (Å²) in [5, 5.41) is 14.5. The van der Waals surface area contributed by atoms with E-state index in [0.29, 0.717) is 16.9 Å². The van der Waals surface area contributed by atoms with Gasteiger partial charge in [-0.3, -0.25) is 9.59 Å². The van der Waals surface area contributed by atoms with Crippen LogP contribution in [0.4, 0.5) is 11.4 Å². The van der Waals surface area contributed by atoms with Gasteiger partial charge in [0.2, 0.25) is 5.91 Å². The topological polar surface area (TPSA) is 95.5 Å². The molecule has 0 fully saturated rings. The van der Waals surface area contributed by atoms with Gasteiger partial charge < -0.3 is 15.7 Å². The van der Waals surface area contributed by atoms with Gasteiger partial charge in [-0.2, -0.15) is 0 Å². The smallest absolute Gasteiger partial charge is 0.335 e. The molecule has 0 saturated carbocycles. The first kappa shape index (κ1) is 19.2. The van der Waals surface area contributed by atoms with Crippen molar-refractivity contribution in [2.45, 2.75) is 26.7 Å². The molecule has 2 aromatic rings. The molecule has 0 saturated heterocycles. The van der Waals surface area contributed by atoms with Crippen LogP contribution in [-0.2, 0) is 4.79 Å². The number of amides is 2. The van der Waals surface area contributed by atoms with E-state index in [9.17, 15) is 14.4 Å². The third kappa shape index (κ3) is 4.69. The first-order valence-electron chi connectivity index (χ1n) is 8.50. The molecule has 136 valence electrons. The van der Waals surface area contributed by atoms with E-state index in [0.717, 1.165) is 12.8 Å². The van der Waals surface area contributed by atoms with Crippen LogP contribution in [0.25, 0.3) is 0 Å². The van der Waals surface area contributed by atoms with Gasteiger partial charge >= 0.3 is 5.97 Å². The molecule has 0 bridgehead atoms. The summed E-state index contributed by atoms with van der Waals surface area (Å²) in [7, 11) is 0. The fraction of sp³-hybridized carbons (Fsp3) is 0.250. The quantitative estimate of drug-likeness (QED) is 0.700. The fourth-order valence-corrected chi connectivity index (χ4v) is 2.61. The standard InChI is InChI=1S/C20H22N2O4/c1-3-13(4-2)18(23)22-17-11-6-5-10-16(17)19(24)21-15-9-7-8-14(12-15)20(25)26/h5-13H,3-4H2,1-2H3,(H,21,24)(H,22,23)(H,25,26). The summed E-state index contributed by atoms with van der Waals surface area (Å²) in [4.78, 5) is 36.0. The van der Waals surface area contributed by atoms with Crippen LogP contribution >= 0.6 is 0 Å². The van der Waals surface area contributed by atoms with Crippen LogP contribution in [0.5, 0.6) is 0 Å². The van der Waals surface area contributed by atoms with Gasteiger partial charge in [0.25, 0.3) is 5.91 Å². The third-order valence-electron chi connectivity index (χ3n) is 4.15. The third-order valence-corrected chi connectivity index (χ3v) is 4.15. The van der Waals surface area contributed by atoms with Gasteiger partial charge in [0.05, 0.1) is 16.8 Å². The monoisotopic (exact) mass is 354 g/mol. The molecular formula is C20H22N2O4. The molecular weight excluding hydrogens is 332 g/mol. The Morgan fingerprint density at radius 1 is 0.962 bits per heavy atom. The van der Waals surface area contributed by atoms with Gasteiger partial charge in [0.1, 0.15) is 0 Å². The molecule has 0 aliphatic heterocycles. The van der Waals surface area contributed by atoms with E-state index in [1.54, 1.807) is 36.4 Å². The Kier molecular flexibility index (Phi) is 6.49. The largest absolute Gasteiger partial charge is 0.478 e. The summed E-state index contributed by atoms with van der Waals surface area (Å²) in [5.74, 6) is -1.73. The number of hydrogen-bond donors (Lipinski definition) is 3. The molecule has 2 aromatic carbocycles. The van der Waals surface area contributed by atoms with Crippen molar-refractivity contribution in [3.63, 3.8) is 0 Å². The van der Waals surface area contributed by atoms with E-state index in [-0.39, 0.29) is 17.4 Å². The fourth-order valence-electron chi connectivity index (χ4n) is 2.61. The highest BCUT2D eigenvalue weighted by atomic mass is 16.4. The van der Waals surface area contributed by atoms with Crippen molar-refractivity contribution < 1.29 is 19.5 Å². The number of carboxylic acids is 1. The molecule has 0 atom stereocenters. The van der Waals surface area contributed by atoms with Gasteiger partial charge in [0.15, 0.2) is 0 Å². The number of rotatable bonds is 7. The molecule has 0 aliphatic carbocycles. The van der Waals surface area contributed by atoms with E-state index < -0.39 is 11.9 Å². The Morgan fingerprint density at radius 3 is 2.31 bits per heavy atom. The predicted molar refractivity (Wildman–Crippen MR) is 100 cm³/mol. The molecule has 3 N–H and O–H groups in total. The van der Waals surface area contributed by atoms with Crippen LogP contribution in [0.3, 0.4) is 0 Å². The Labute approximate surface area is 152 Å². The van der Waals surface area contributed by atoms with Crippen molar-refractivity contribution in [3.8, 4) is 0 Å². The summed E-state index contributed by atoms with van der Waals surface area (Å²) in [6.07, 6.45) is 1.44. The van der Waals surface area contributed by atoms with Crippen LogP contribution in [0.1, 0.15) is 47.4 Å². The van der Waals surface area contributed by atoms with Gasteiger partial charge in [-0.15, -0.1) is 0 Å². The van der Waals surface area contributed by atoms with Crippen LogP contribution in [-0.4, -0.2) is 22.9 Å². The summed E-state index contributed by atoms with van der Waals surface area (Å²) < 4.78 is 0. The Bertz CT molecular complexity index is 813. The first-order valence-corrected chi connectivity index (χ1v) is 8.50. The lowest BCUT2D eigenvalue weighted by atomic mass is 10.0. The SMILES string of the molecule is CCC(CC)C(=O)Nc1ccccc1C(=O)Nc1cccc(C(=O)O)c1. The average molecular weight is 354 g/mol. The molecule has 2 amide bonds. The second-order valence-electron chi connectivity index (χ2n) is 5.89. The lowest BCUT2D eigenvalue weighted by Crippen LogP contribution is -2.24. The molecule has 6 nitrogen and oxygen atoms in total. The number of anilines is 2. The summed E-state index contributed by atoms with van der Waals surface area (Å²) in [6.45, 7) is 3.89. The first-order chi connectivity index (χ1) is 12.5. The number of aromatic carboxylic acids is 1. The number of hydrogen-bond acceptors (Lipinski definition) is 3. The van der Waals surface area contributed by atoms with E-state index in [1.165, 1.54) is 12.1 Å². The van der Waals surface area contributed by atoms with Crippen molar-refractivity contribution in [1.82, 2.24) is 0 Å². The Morgan fingerprint density at radius 2 is 1.65 bits per heavy atom. The molecule has 6 heteroatoms. The summed E-state index contributed by atoms with van der Waals surface area (Å²) in [5.41, 5.74) is 1.19. The number of benzene rings is 2. The Hall–Kier alpha value is -3.15. The highest BCUT2D eigenvalue weighted by molar-refractivity contribution is 6.10. The molecule has 0 aromatic heterocycles. The zero-order valence-corrected chi connectivity index (χ0v) is 14.8. The van der Waals surface area contributed by atoms with E-state index in [4.69, 9.17) is 5.11 Å². The van der Waals surface area contributed by atoms with Crippen molar-refractivity contribution >= 4 is 29.2 Å². The van der Waals surface area contributed by atoms with Gasteiger partial charge in [0, 0.05) is 11.6 Å². The zero-order valence-electron chi connectivity index (χ0n) is 14.8. The van der Waals surface area contributed by atoms with Crippen molar-refractivity contribution in [1.29, 1.82) is 0 Å². The molecule has 2 rings (SSSR count). The van der Waals surface area contributed by atoms with Crippen LogP contribution in [0.2, 0.25) is 0 Å². The van der Waals surface area contributed by atoms with Gasteiger partial charge in [-0.05, 0) is 43.2 Å². The minimum Gasteiger partial charge on any atom is -0.478 e. The van der Waals surface area contributed by atoms with Crippen LogP contribution in [0.15, 0.2) is 48.5 Å². The number of carboxylic acid groups (broad SMARTS) is 1. The van der Waals surface area contributed by atoms with E-state index in [1.807, 2.05) is 13.8 Å². The Balaban J connectivity index is 2.21. The molecule has 0 spiro atoms. The maximum absolute atomic E-state index is 12.6. The van der Waals surface area contributed by atoms with Crippen LogP contribution in [0, 0.1) is 5.92 Å². The highest BCUT2D eigenvalue weighted by Gasteiger charge is 2.18. The molecule has 0 heterocycles. The normalized spacial score (nSPS) is 10.4. The number of carbonyl (C=O) groups is 3. The second-order valence-corrected chi connectivity index (χ2v) is 5.89. The molecule has 0 unspecified atom stereocenters. The minimum absolute atomic E-state index is 0.0816. The maximum Gasteiger partial charge on any atom is 0.335 e. The molecule has 26 heavy (non-hydrogen) atoms. The van der Waals surface area contributed by atoms with Crippen LogP contribution < -0.4 is 10.6 Å². The summed E-state index contributed by atoms with van der Waals surface area (Å²) in [6, 6.07) is 12.7. The predicted octanol–water partition coefficient (Wildman–Crippen LogP) is 4.01. The summed E-state index contributed by atoms with van der Waals surface area (Å²) >= 11 is 0. The second kappa shape index (κ2) is 8.80. The number of carbonyl (C=O) groups excluding carboxylic acids is 2. The van der Waals surface area contributed by atoms with Crippen molar-refractivity contribution in [3.05, 3.63) is 59.7 Å². The molecule has 0 aliphatic rings. The van der Waals surface area contributed by atoms with E-state index in [2.05, 4.69) is 10.6 Å². The van der Waals surface area contributed by atoms with Crippen molar-refractivity contribution in [2.75, 3.05) is 10.6 Å². The lowest BCUT2D eigenvalue weighted by Gasteiger charge is -2.15. The van der Waals surface area contributed by atoms with Crippen molar-refractivity contribution in [2.24, 2.45) is 5.92 Å². The molecule has 0 radical (unpaired) electrons. The highest BCUT2D eigenvalue weighted by Crippen LogP contribution is 2.20. The number of para-hydroxylation sites is 1. The average Bonchev–Trinajstić information content (AvgIpc) is 2.63. The minimum atomic E-state index is -1.07. The maximum atomic E-state index is 12.6. The zero-order chi connectivity index (χ0) is 19.1. The van der Waals surface area contributed by atoms with Gasteiger partial charge in [-0.1, -0.05) is 32.0 Å². The lowest BCUT2D eigenvalue weighted by molar-refractivity contribution is -0.120. The number of nitrogens with one attached hydrogen (secondary N) is 2.